The van der Waals surface area contributed by atoms with Gasteiger partial charge in [-0.15, -0.1) is 0 Å². The molecule has 2 aromatic rings. The lowest BCUT2D eigenvalue weighted by molar-refractivity contribution is -0.136. The molecule has 1 heterocycles. The Labute approximate surface area is 122 Å². The number of carbonyl (C=O) groups is 1. The van der Waals surface area contributed by atoms with Gasteiger partial charge in [-0.25, -0.2) is 4.98 Å². The molecule has 0 unspecified atom stereocenters. The van der Waals surface area contributed by atoms with Crippen LogP contribution in [0.1, 0.15) is 11.1 Å². The average molecular weight is 338 g/mol. The number of aromatic nitrogens is 2. The van der Waals surface area contributed by atoms with E-state index in [2.05, 4.69) is 25.9 Å². The van der Waals surface area contributed by atoms with Crippen LogP contribution in [0.4, 0.5) is 5.82 Å². The van der Waals surface area contributed by atoms with Crippen LogP contribution in [0.2, 0.25) is 0 Å². The van der Waals surface area contributed by atoms with Crippen molar-refractivity contribution in [3.8, 4) is 11.4 Å². The van der Waals surface area contributed by atoms with Gasteiger partial charge in [0.1, 0.15) is 11.6 Å². The Bertz CT molecular complexity index is 740. The summed E-state index contributed by atoms with van der Waals surface area (Å²) in [6.07, 6.45) is -0.451. The number of aliphatic carboxylic acids is 1. The molecule has 0 aliphatic carbocycles. The van der Waals surface area contributed by atoms with Gasteiger partial charge in [0.25, 0.3) is 5.56 Å². The van der Waals surface area contributed by atoms with Crippen molar-refractivity contribution in [1.29, 1.82) is 0 Å². The van der Waals surface area contributed by atoms with E-state index in [0.29, 0.717) is 5.82 Å². The third-order valence-corrected chi connectivity index (χ3v) is 3.31. The number of halogens is 1. The van der Waals surface area contributed by atoms with E-state index in [9.17, 15) is 9.59 Å². The molecule has 0 atom stereocenters. The number of nitrogens with zero attached hydrogens (tertiary/aromatic N) is 1. The van der Waals surface area contributed by atoms with E-state index in [0.717, 1.165) is 15.6 Å². The number of carboxylic acids is 1. The zero-order chi connectivity index (χ0) is 14.9. The van der Waals surface area contributed by atoms with E-state index in [1.807, 2.05) is 19.1 Å². The zero-order valence-corrected chi connectivity index (χ0v) is 12.2. The molecule has 1 aromatic carbocycles. The third kappa shape index (κ3) is 2.88. The Morgan fingerprint density at radius 1 is 1.50 bits per heavy atom. The fraction of sp³-hybridized carbons (Fsp3) is 0.154. The van der Waals surface area contributed by atoms with Crippen molar-refractivity contribution in [2.75, 3.05) is 5.73 Å². The van der Waals surface area contributed by atoms with Crippen molar-refractivity contribution in [1.82, 2.24) is 9.97 Å². The first kappa shape index (κ1) is 14.3. The summed E-state index contributed by atoms with van der Waals surface area (Å²) in [5.41, 5.74) is 6.77. The maximum Gasteiger partial charge on any atom is 0.308 e. The maximum absolute atomic E-state index is 11.9. The smallest absolute Gasteiger partial charge is 0.308 e. The van der Waals surface area contributed by atoms with E-state index in [1.165, 1.54) is 0 Å². The SMILES string of the molecule is Cc1cc(Br)ccc1-c1nc(N)c(CC(=O)O)c(=O)[nH]1. The Morgan fingerprint density at radius 3 is 2.75 bits per heavy atom. The summed E-state index contributed by atoms with van der Waals surface area (Å²) in [5.74, 6) is -0.864. The van der Waals surface area contributed by atoms with E-state index in [1.54, 1.807) is 6.07 Å². The first-order valence-electron chi connectivity index (χ1n) is 5.75. The zero-order valence-electron chi connectivity index (χ0n) is 10.6. The van der Waals surface area contributed by atoms with Gasteiger partial charge in [0.05, 0.1) is 12.0 Å². The number of benzene rings is 1. The summed E-state index contributed by atoms with van der Waals surface area (Å²) < 4.78 is 0.913. The van der Waals surface area contributed by atoms with Gasteiger partial charge in [-0.3, -0.25) is 9.59 Å². The largest absolute Gasteiger partial charge is 0.481 e. The van der Waals surface area contributed by atoms with E-state index >= 15 is 0 Å². The molecule has 0 aliphatic rings. The lowest BCUT2D eigenvalue weighted by atomic mass is 10.1. The van der Waals surface area contributed by atoms with Gasteiger partial charge in [0, 0.05) is 10.0 Å². The summed E-state index contributed by atoms with van der Waals surface area (Å²) >= 11 is 3.35. The number of hydrogen-bond acceptors (Lipinski definition) is 4. The number of aryl methyl sites for hydroxylation is 1. The van der Waals surface area contributed by atoms with Gasteiger partial charge < -0.3 is 15.8 Å². The minimum Gasteiger partial charge on any atom is -0.481 e. The van der Waals surface area contributed by atoms with Gasteiger partial charge in [-0.1, -0.05) is 15.9 Å². The molecule has 0 spiro atoms. The fourth-order valence-electron chi connectivity index (χ4n) is 1.86. The average Bonchev–Trinajstić information content (AvgIpc) is 2.33. The highest BCUT2D eigenvalue weighted by Gasteiger charge is 2.14. The Kier molecular flexibility index (Phi) is 3.89. The van der Waals surface area contributed by atoms with Crippen LogP contribution in [0.3, 0.4) is 0 Å². The molecule has 0 saturated heterocycles. The van der Waals surface area contributed by atoms with Crippen LogP contribution in [0.5, 0.6) is 0 Å². The van der Waals surface area contributed by atoms with Crippen LogP contribution in [-0.4, -0.2) is 21.0 Å². The molecule has 2 rings (SSSR count). The number of rotatable bonds is 3. The second kappa shape index (κ2) is 5.46. The van der Waals surface area contributed by atoms with E-state index in [4.69, 9.17) is 10.8 Å². The second-order valence-corrected chi connectivity index (χ2v) is 5.22. The molecule has 104 valence electrons. The minimum absolute atomic E-state index is 0.0315. The lowest BCUT2D eigenvalue weighted by Gasteiger charge is -2.08. The number of nitrogens with two attached hydrogens (primary N) is 1. The molecule has 1 aromatic heterocycles. The summed E-state index contributed by atoms with van der Waals surface area (Å²) in [6, 6.07) is 5.51. The van der Waals surface area contributed by atoms with Crippen LogP contribution in [0.25, 0.3) is 11.4 Å². The number of nitrogens with one attached hydrogen (secondary N) is 1. The van der Waals surface area contributed by atoms with Crippen molar-refractivity contribution in [2.24, 2.45) is 0 Å². The van der Waals surface area contributed by atoms with Gasteiger partial charge in [0.15, 0.2) is 0 Å². The Balaban J connectivity index is 2.55. The number of hydrogen-bond donors (Lipinski definition) is 3. The predicted molar refractivity (Wildman–Crippen MR) is 78.5 cm³/mol. The number of aromatic amines is 1. The molecule has 0 saturated carbocycles. The van der Waals surface area contributed by atoms with Crippen LogP contribution in [0.15, 0.2) is 27.5 Å². The van der Waals surface area contributed by atoms with Crippen LogP contribution in [0, 0.1) is 6.92 Å². The number of H-pyrrole nitrogens is 1. The Morgan fingerprint density at radius 2 is 2.20 bits per heavy atom. The molecule has 0 bridgehead atoms. The highest BCUT2D eigenvalue weighted by molar-refractivity contribution is 9.10. The highest BCUT2D eigenvalue weighted by atomic mass is 79.9. The quantitative estimate of drug-likeness (QED) is 0.789. The van der Waals surface area contributed by atoms with Crippen molar-refractivity contribution in [3.05, 3.63) is 44.2 Å². The molecule has 0 aliphatic heterocycles. The van der Waals surface area contributed by atoms with Gasteiger partial charge in [-0.05, 0) is 30.7 Å². The summed E-state index contributed by atoms with van der Waals surface area (Å²) in [5, 5.41) is 8.74. The maximum atomic E-state index is 11.9. The molecule has 7 heteroatoms. The van der Waals surface area contributed by atoms with Crippen LogP contribution < -0.4 is 11.3 Å². The predicted octanol–water partition coefficient (Wildman–Crippen LogP) is 1.72. The van der Waals surface area contributed by atoms with Crippen molar-refractivity contribution in [2.45, 2.75) is 13.3 Å². The topological polar surface area (TPSA) is 109 Å². The summed E-state index contributed by atoms with van der Waals surface area (Å²) in [6.45, 7) is 1.88. The van der Waals surface area contributed by atoms with Gasteiger partial charge in [-0.2, -0.15) is 0 Å². The minimum atomic E-state index is -1.13. The molecular formula is C13H12BrN3O3. The van der Waals surface area contributed by atoms with Crippen LogP contribution >= 0.6 is 15.9 Å². The Hall–Kier alpha value is -2.15. The first-order chi connectivity index (χ1) is 9.38. The van der Waals surface area contributed by atoms with E-state index in [-0.39, 0.29) is 11.4 Å². The molecule has 6 nitrogen and oxygen atoms in total. The number of anilines is 1. The van der Waals surface area contributed by atoms with Crippen LogP contribution in [-0.2, 0) is 11.2 Å². The summed E-state index contributed by atoms with van der Waals surface area (Å²) in [4.78, 5) is 29.2. The van der Waals surface area contributed by atoms with Crippen molar-refractivity contribution < 1.29 is 9.90 Å². The normalized spacial score (nSPS) is 10.5. The molecule has 0 radical (unpaired) electrons. The van der Waals surface area contributed by atoms with E-state index < -0.39 is 17.9 Å². The lowest BCUT2D eigenvalue weighted by Crippen LogP contribution is -2.21. The second-order valence-electron chi connectivity index (χ2n) is 4.31. The first-order valence-corrected chi connectivity index (χ1v) is 6.54. The van der Waals surface area contributed by atoms with Gasteiger partial charge in [0.2, 0.25) is 0 Å². The highest BCUT2D eigenvalue weighted by Crippen LogP contribution is 2.23. The van der Waals surface area contributed by atoms with Gasteiger partial charge >= 0.3 is 5.97 Å². The molecule has 0 amide bonds. The monoisotopic (exact) mass is 337 g/mol. The molecule has 4 N–H and O–H groups in total. The van der Waals surface area contributed by atoms with Crippen molar-refractivity contribution in [3.63, 3.8) is 0 Å². The fourth-order valence-corrected chi connectivity index (χ4v) is 2.33. The molecular weight excluding hydrogens is 326 g/mol. The standard InChI is InChI=1S/C13H12BrN3O3/c1-6-4-7(14)2-3-8(6)12-16-11(15)9(5-10(18)19)13(20)17-12/h2-4H,5H2,1H3,(H,18,19)(H3,15,16,17,20). The third-order valence-electron chi connectivity index (χ3n) is 2.82. The van der Waals surface area contributed by atoms with Crippen molar-refractivity contribution >= 4 is 27.7 Å². The molecule has 20 heavy (non-hydrogen) atoms. The number of carboxylic acid groups (broad SMARTS) is 1. The molecule has 0 fully saturated rings. The number of nitrogen functional groups attached to an aromatic ring is 1. The summed E-state index contributed by atoms with van der Waals surface area (Å²) in [7, 11) is 0.